The van der Waals surface area contributed by atoms with Gasteiger partial charge in [0.2, 0.25) is 0 Å². The Morgan fingerprint density at radius 2 is 2.00 bits per heavy atom. The van der Waals surface area contributed by atoms with E-state index in [1.165, 1.54) is 42.2 Å². The minimum Gasteiger partial charge on any atom is -0.144 e. The Kier molecular flexibility index (Phi) is 4.05. The van der Waals surface area contributed by atoms with E-state index in [2.05, 4.69) is 45.6 Å². The molecule has 0 radical (unpaired) electrons. The zero-order chi connectivity index (χ0) is 12.4. The van der Waals surface area contributed by atoms with E-state index in [9.17, 15) is 0 Å². The number of thiophene rings is 1. The molecule has 1 aromatic heterocycles. The predicted octanol–water partition coefficient (Wildman–Crippen LogP) is 5.65. The molecule has 0 amide bonds. The molecule has 0 saturated heterocycles. The van der Waals surface area contributed by atoms with Gasteiger partial charge in [-0.15, -0.1) is 11.3 Å². The maximum absolute atomic E-state index is 3.74. The third kappa shape index (κ3) is 2.50. The second kappa shape index (κ2) is 5.75. The average molecular weight is 323 g/mol. The second-order valence-corrected chi connectivity index (χ2v) is 6.98. The van der Waals surface area contributed by atoms with Gasteiger partial charge < -0.3 is 0 Å². The molecule has 0 N–H and O–H groups in total. The molecule has 2 heteroatoms. The van der Waals surface area contributed by atoms with Crippen LogP contribution in [0.2, 0.25) is 0 Å². The van der Waals surface area contributed by atoms with Crippen LogP contribution >= 0.6 is 27.3 Å². The number of alkyl halides is 1. The Bertz CT molecular complexity index is 511. The van der Waals surface area contributed by atoms with Gasteiger partial charge in [-0.3, -0.25) is 0 Å². The summed E-state index contributed by atoms with van der Waals surface area (Å²) in [4.78, 5) is 0. The molecule has 1 heterocycles. The fourth-order valence-corrected chi connectivity index (χ4v) is 4.98. The van der Waals surface area contributed by atoms with Crippen molar-refractivity contribution in [1.82, 2.24) is 0 Å². The lowest BCUT2D eigenvalue weighted by molar-refractivity contribution is 0.374. The van der Waals surface area contributed by atoms with E-state index < -0.39 is 0 Å². The third-order valence-electron chi connectivity index (χ3n) is 4.31. The van der Waals surface area contributed by atoms with Gasteiger partial charge in [-0.2, -0.15) is 0 Å². The first-order chi connectivity index (χ1) is 8.88. The molecule has 1 aromatic carbocycles. The number of hydrogen-bond acceptors (Lipinski definition) is 1. The molecule has 0 nitrogen and oxygen atoms in total. The standard InChI is InChI=1S/C16H19BrS/c17-10-13(12-5-1-2-6-12)9-14-11-18-16-8-4-3-7-15(14)16/h3-4,7-8,11-13H,1-2,5-6,9-10H2. The number of fused-ring (bicyclic) bond motifs is 1. The molecule has 1 unspecified atom stereocenters. The van der Waals surface area contributed by atoms with E-state index in [1.54, 1.807) is 5.56 Å². The highest BCUT2D eigenvalue weighted by Gasteiger charge is 2.24. The Morgan fingerprint density at radius 1 is 1.22 bits per heavy atom. The molecule has 1 aliphatic rings. The van der Waals surface area contributed by atoms with Crippen molar-refractivity contribution < 1.29 is 0 Å². The van der Waals surface area contributed by atoms with Crippen LogP contribution < -0.4 is 0 Å². The molecular weight excluding hydrogens is 304 g/mol. The van der Waals surface area contributed by atoms with Gasteiger partial charge in [0.1, 0.15) is 0 Å². The lowest BCUT2D eigenvalue weighted by Gasteiger charge is -2.20. The van der Waals surface area contributed by atoms with E-state index in [1.807, 2.05) is 11.3 Å². The van der Waals surface area contributed by atoms with Crippen molar-refractivity contribution in [1.29, 1.82) is 0 Å². The normalized spacial score (nSPS) is 18.5. The van der Waals surface area contributed by atoms with Crippen LogP contribution in [0.1, 0.15) is 31.2 Å². The van der Waals surface area contributed by atoms with Crippen LogP contribution in [0.25, 0.3) is 10.1 Å². The third-order valence-corrected chi connectivity index (χ3v) is 6.15. The molecule has 18 heavy (non-hydrogen) atoms. The van der Waals surface area contributed by atoms with Crippen molar-refractivity contribution in [3.05, 3.63) is 35.2 Å². The maximum Gasteiger partial charge on any atom is 0.0345 e. The molecule has 96 valence electrons. The Labute approximate surface area is 122 Å². The number of halogens is 1. The molecule has 0 bridgehead atoms. The highest BCUT2D eigenvalue weighted by atomic mass is 79.9. The van der Waals surface area contributed by atoms with Gasteiger partial charge in [0.25, 0.3) is 0 Å². The minimum absolute atomic E-state index is 0.825. The number of hydrogen-bond donors (Lipinski definition) is 0. The summed E-state index contributed by atoms with van der Waals surface area (Å²) in [6, 6.07) is 8.82. The predicted molar refractivity (Wildman–Crippen MR) is 84.8 cm³/mol. The summed E-state index contributed by atoms with van der Waals surface area (Å²) in [7, 11) is 0. The van der Waals surface area contributed by atoms with Crippen molar-refractivity contribution in [2.24, 2.45) is 11.8 Å². The Morgan fingerprint density at radius 3 is 2.78 bits per heavy atom. The SMILES string of the molecule is BrCC(Cc1csc2ccccc12)C1CCCC1. The van der Waals surface area contributed by atoms with Crippen molar-refractivity contribution in [3.63, 3.8) is 0 Å². The van der Waals surface area contributed by atoms with Crippen LogP contribution in [-0.4, -0.2) is 5.33 Å². The quantitative estimate of drug-likeness (QED) is 0.638. The topological polar surface area (TPSA) is 0 Å². The highest BCUT2D eigenvalue weighted by molar-refractivity contribution is 9.09. The van der Waals surface area contributed by atoms with Gasteiger partial charge in [-0.1, -0.05) is 59.8 Å². The zero-order valence-electron chi connectivity index (χ0n) is 10.6. The molecule has 1 atom stereocenters. The molecule has 1 aliphatic carbocycles. The maximum atomic E-state index is 3.74. The molecule has 1 fully saturated rings. The summed E-state index contributed by atoms with van der Waals surface area (Å²) in [5.41, 5.74) is 1.56. The van der Waals surface area contributed by atoms with Gasteiger partial charge in [0.15, 0.2) is 0 Å². The zero-order valence-corrected chi connectivity index (χ0v) is 13.0. The molecule has 0 spiro atoms. The van der Waals surface area contributed by atoms with Gasteiger partial charge in [0.05, 0.1) is 0 Å². The summed E-state index contributed by atoms with van der Waals surface area (Å²) in [6.45, 7) is 0. The van der Waals surface area contributed by atoms with Crippen LogP contribution in [0.5, 0.6) is 0 Å². The summed E-state index contributed by atoms with van der Waals surface area (Å²) in [5.74, 6) is 1.77. The molecule has 2 aromatic rings. The number of benzene rings is 1. The van der Waals surface area contributed by atoms with E-state index in [0.29, 0.717) is 0 Å². The van der Waals surface area contributed by atoms with Crippen LogP contribution in [0.15, 0.2) is 29.6 Å². The summed E-state index contributed by atoms with van der Waals surface area (Å²) in [6.07, 6.45) is 7.02. The summed E-state index contributed by atoms with van der Waals surface area (Å²) in [5, 5.41) is 5.00. The first-order valence-electron chi connectivity index (χ1n) is 6.89. The fraction of sp³-hybridized carbons (Fsp3) is 0.500. The van der Waals surface area contributed by atoms with E-state index >= 15 is 0 Å². The van der Waals surface area contributed by atoms with E-state index in [-0.39, 0.29) is 0 Å². The first kappa shape index (κ1) is 12.7. The Balaban J connectivity index is 1.81. The lowest BCUT2D eigenvalue weighted by Crippen LogP contribution is -2.15. The van der Waals surface area contributed by atoms with Crippen LogP contribution in [-0.2, 0) is 6.42 Å². The molecule has 1 saturated carbocycles. The van der Waals surface area contributed by atoms with E-state index in [0.717, 1.165) is 17.2 Å². The largest absolute Gasteiger partial charge is 0.144 e. The summed E-state index contributed by atoms with van der Waals surface area (Å²) < 4.78 is 1.44. The van der Waals surface area contributed by atoms with Crippen LogP contribution in [0.3, 0.4) is 0 Å². The highest BCUT2D eigenvalue weighted by Crippen LogP contribution is 2.36. The molecule has 3 rings (SSSR count). The Hall–Kier alpha value is -0.340. The van der Waals surface area contributed by atoms with Gasteiger partial charge in [-0.05, 0) is 40.7 Å². The van der Waals surface area contributed by atoms with Crippen LogP contribution in [0, 0.1) is 11.8 Å². The van der Waals surface area contributed by atoms with Crippen molar-refractivity contribution >= 4 is 37.4 Å². The number of rotatable bonds is 4. The molecule has 0 aliphatic heterocycles. The first-order valence-corrected chi connectivity index (χ1v) is 8.89. The second-order valence-electron chi connectivity index (χ2n) is 5.42. The van der Waals surface area contributed by atoms with E-state index in [4.69, 9.17) is 0 Å². The van der Waals surface area contributed by atoms with Crippen molar-refractivity contribution in [3.8, 4) is 0 Å². The van der Waals surface area contributed by atoms with Crippen LogP contribution in [0.4, 0.5) is 0 Å². The smallest absolute Gasteiger partial charge is 0.0345 e. The average Bonchev–Trinajstić information content (AvgIpc) is 3.06. The van der Waals surface area contributed by atoms with Crippen molar-refractivity contribution in [2.45, 2.75) is 32.1 Å². The molecular formula is C16H19BrS. The fourth-order valence-electron chi connectivity index (χ4n) is 3.25. The van der Waals surface area contributed by atoms with Crippen molar-refractivity contribution in [2.75, 3.05) is 5.33 Å². The lowest BCUT2D eigenvalue weighted by atomic mass is 9.87. The van der Waals surface area contributed by atoms with Gasteiger partial charge >= 0.3 is 0 Å². The van der Waals surface area contributed by atoms with Gasteiger partial charge in [-0.25, -0.2) is 0 Å². The van der Waals surface area contributed by atoms with Gasteiger partial charge in [0, 0.05) is 10.0 Å². The minimum atomic E-state index is 0.825. The monoisotopic (exact) mass is 322 g/mol. The summed E-state index contributed by atoms with van der Waals surface area (Å²) >= 11 is 5.63.